The number of morpholine rings is 1. The quantitative estimate of drug-likeness (QED) is 0.0459. The second-order valence-electron chi connectivity index (χ2n) is 19.5. The molecular weight excluding hydrogens is 827 g/mol. The Morgan fingerprint density at radius 1 is 1.06 bits per heavy atom. The second kappa shape index (κ2) is 22.2. The van der Waals surface area contributed by atoms with E-state index in [-0.39, 0.29) is 45.6 Å². The van der Waals surface area contributed by atoms with Gasteiger partial charge in [-0.25, -0.2) is 0 Å². The molecule has 3 fully saturated rings. The molecule has 3 heterocycles. The molecule has 3 aromatic rings. The van der Waals surface area contributed by atoms with E-state index in [1.165, 1.54) is 30.0 Å². The molecule has 5 N–H and O–H groups in total. The van der Waals surface area contributed by atoms with Crippen LogP contribution in [0.2, 0.25) is 18.1 Å². The molecule has 2 amide bonds. The third kappa shape index (κ3) is 13.8. The van der Waals surface area contributed by atoms with Gasteiger partial charge in [0.1, 0.15) is 5.75 Å². The lowest BCUT2D eigenvalue weighted by Gasteiger charge is -2.47. The highest BCUT2D eigenvalue weighted by Crippen LogP contribution is 2.41. The number of allylic oxidation sites excluding steroid dienone is 1. The molecule has 64 heavy (non-hydrogen) atoms. The number of hydrogen-bond acceptors (Lipinski definition) is 11. The minimum Gasteiger partial charge on any atom is -0.506 e. The molecular formula is C49H73N7O7Si. The van der Waals surface area contributed by atoms with Crippen LogP contribution in [0.5, 0.6) is 5.75 Å². The van der Waals surface area contributed by atoms with E-state index in [0.717, 1.165) is 62.8 Å². The van der Waals surface area contributed by atoms with Crippen LogP contribution in [0.15, 0.2) is 70.1 Å². The van der Waals surface area contributed by atoms with Crippen molar-refractivity contribution in [1.82, 2.24) is 25.0 Å². The van der Waals surface area contributed by atoms with Crippen molar-refractivity contribution in [3.63, 3.8) is 0 Å². The van der Waals surface area contributed by atoms with Gasteiger partial charge in [0.25, 0.3) is 5.91 Å². The Hall–Kier alpha value is -4.38. The van der Waals surface area contributed by atoms with Crippen LogP contribution < -0.4 is 16.6 Å². The Morgan fingerprint density at radius 3 is 2.48 bits per heavy atom. The van der Waals surface area contributed by atoms with Crippen molar-refractivity contribution >= 4 is 37.2 Å². The highest BCUT2D eigenvalue weighted by molar-refractivity contribution is 6.74. The number of nitrogens with two attached hydrogens (primary N) is 1. The summed E-state index contributed by atoms with van der Waals surface area (Å²) in [6.45, 7) is 18.9. The Kier molecular flexibility index (Phi) is 17.0. The number of ether oxygens (including phenoxy) is 2. The Balaban J connectivity index is 0.853. The molecule has 1 aromatic heterocycles. The number of likely N-dealkylation sites (N-methyl/N-ethyl adjacent to an activating group) is 1. The lowest BCUT2D eigenvalue weighted by atomic mass is 9.89. The Morgan fingerprint density at radius 2 is 1.78 bits per heavy atom. The van der Waals surface area contributed by atoms with Crippen molar-refractivity contribution in [3.8, 4) is 5.75 Å². The summed E-state index contributed by atoms with van der Waals surface area (Å²) < 4.78 is 19.1. The first-order valence-corrected chi connectivity index (χ1v) is 26.2. The molecule has 1 aliphatic carbocycles. The Labute approximate surface area is 380 Å². The molecule has 0 radical (unpaired) electrons. The van der Waals surface area contributed by atoms with E-state index in [1.807, 2.05) is 18.0 Å². The minimum absolute atomic E-state index is 0.0182. The standard InChI is InChI=1S/C49H73N7O7Si/c1-48(2,3)64(5,6)63-43(39-13-15-42(57)46-40(39)14-16-44(58)53-46)34-52-24-28-54(4)45(59)20-31-61-30-19-37-9-7-36(8-10-37)18-25-55-26-21-49(22-27-55)35-56(29-32-62-49)47(60)41(50)17-23-51-33-38-11-12-38/h7-10,13-17,23,38,43,52,57H,11-12,18-22,24-35,50H2,1-6H3,(H,53,58)/t43-/m0/s1. The third-order valence-electron chi connectivity index (χ3n) is 13.6. The van der Waals surface area contributed by atoms with Gasteiger partial charge in [-0.1, -0.05) is 51.1 Å². The summed E-state index contributed by atoms with van der Waals surface area (Å²) in [5.41, 5.74) is 9.59. The maximum Gasteiger partial charge on any atom is 0.269 e. The van der Waals surface area contributed by atoms with Crippen molar-refractivity contribution in [2.75, 3.05) is 85.8 Å². The van der Waals surface area contributed by atoms with Crippen LogP contribution in [0.1, 0.15) is 75.7 Å². The lowest BCUT2D eigenvalue weighted by molar-refractivity contribution is -0.156. The molecule has 6 rings (SSSR count). The van der Waals surface area contributed by atoms with Crippen LogP contribution in [-0.2, 0) is 36.3 Å². The first-order chi connectivity index (χ1) is 30.5. The summed E-state index contributed by atoms with van der Waals surface area (Å²) in [6, 6.07) is 15.4. The van der Waals surface area contributed by atoms with Crippen LogP contribution in [-0.4, -0.2) is 143 Å². The van der Waals surface area contributed by atoms with Crippen molar-refractivity contribution in [1.29, 1.82) is 0 Å². The van der Waals surface area contributed by atoms with Crippen molar-refractivity contribution in [2.24, 2.45) is 16.6 Å². The number of phenols is 1. The van der Waals surface area contributed by atoms with E-state index in [4.69, 9.17) is 19.6 Å². The summed E-state index contributed by atoms with van der Waals surface area (Å²) in [6.07, 6.45) is 9.33. The number of carbonyl (C=O) groups excluding carboxylic acids is 2. The molecule has 350 valence electrons. The van der Waals surface area contributed by atoms with Gasteiger partial charge in [0, 0.05) is 77.1 Å². The molecule has 2 aromatic carbocycles. The number of pyridine rings is 1. The number of fused-ring (bicyclic) bond motifs is 1. The van der Waals surface area contributed by atoms with Crippen LogP contribution >= 0.6 is 0 Å². The van der Waals surface area contributed by atoms with E-state index in [9.17, 15) is 19.5 Å². The maximum absolute atomic E-state index is 13.1. The number of aromatic hydroxyl groups is 1. The number of aliphatic imine (C=N–C) groups is 1. The fourth-order valence-corrected chi connectivity index (χ4v) is 9.37. The Bertz CT molecular complexity index is 2140. The van der Waals surface area contributed by atoms with Crippen molar-refractivity contribution in [3.05, 3.63) is 87.3 Å². The normalized spacial score (nSPS) is 18.0. The summed E-state index contributed by atoms with van der Waals surface area (Å²) in [5, 5.41) is 14.7. The smallest absolute Gasteiger partial charge is 0.269 e. The zero-order valence-corrected chi connectivity index (χ0v) is 40.1. The fourth-order valence-electron chi connectivity index (χ4n) is 8.10. The average Bonchev–Trinajstić information content (AvgIpc) is 4.10. The second-order valence-corrected chi connectivity index (χ2v) is 24.3. The maximum atomic E-state index is 13.1. The highest BCUT2D eigenvalue weighted by Gasteiger charge is 2.42. The van der Waals surface area contributed by atoms with Crippen LogP contribution in [0.25, 0.3) is 10.9 Å². The summed E-state index contributed by atoms with van der Waals surface area (Å²) in [5.74, 6) is 0.622. The number of aromatic amines is 1. The molecule has 2 aliphatic heterocycles. The van der Waals surface area contributed by atoms with Gasteiger partial charge in [0.15, 0.2) is 8.32 Å². The molecule has 1 spiro atoms. The average molecular weight is 900 g/mol. The number of phenolic OH excluding ortho intramolecular Hbond substituents is 1. The van der Waals surface area contributed by atoms with Crippen molar-refractivity contribution in [2.45, 2.75) is 95.6 Å². The number of carbonyl (C=O) groups is 2. The molecule has 2 saturated heterocycles. The number of rotatable bonds is 21. The molecule has 1 saturated carbocycles. The summed E-state index contributed by atoms with van der Waals surface area (Å²) in [4.78, 5) is 51.3. The van der Waals surface area contributed by atoms with E-state index in [1.54, 1.807) is 29.3 Å². The zero-order chi connectivity index (χ0) is 45.9. The zero-order valence-electron chi connectivity index (χ0n) is 39.1. The predicted molar refractivity (Wildman–Crippen MR) is 256 cm³/mol. The largest absolute Gasteiger partial charge is 0.506 e. The van der Waals surface area contributed by atoms with Gasteiger partial charge in [-0.3, -0.25) is 19.4 Å². The van der Waals surface area contributed by atoms with E-state index >= 15 is 0 Å². The monoisotopic (exact) mass is 900 g/mol. The van der Waals surface area contributed by atoms with Crippen molar-refractivity contribution < 1.29 is 28.6 Å². The van der Waals surface area contributed by atoms with Crippen LogP contribution in [0.4, 0.5) is 0 Å². The number of nitrogens with one attached hydrogen (secondary N) is 2. The van der Waals surface area contributed by atoms with Crippen LogP contribution in [0, 0.1) is 5.92 Å². The molecule has 0 bridgehead atoms. The number of hydrogen-bond donors (Lipinski definition) is 4. The first-order valence-electron chi connectivity index (χ1n) is 23.3. The van der Waals surface area contributed by atoms with E-state index in [2.05, 4.69) is 78.3 Å². The number of nitrogens with zero attached hydrogens (tertiary/aromatic N) is 4. The molecule has 14 nitrogen and oxygen atoms in total. The number of piperidine rings is 1. The van der Waals surface area contributed by atoms with Gasteiger partial charge in [-0.15, -0.1) is 0 Å². The van der Waals surface area contributed by atoms with Gasteiger partial charge < -0.3 is 49.7 Å². The number of H-pyrrole nitrogens is 1. The third-order valence-corrected chi connectivity index (χ3v) is 18.1. The fraction of sp³-hybridized carbons (Fsp3) is 0.592. The van der Waals surface area contributed by atoms with Gasteiger partial charge >= 0.3 is 0 Å². The number of aromatic nitrogens is 1. The number of amides is 2. The van der Waals surface area contributed by atoms with E-state index < -0.39 is 8.32 Å². The number of benzene rings is 2. The SMILES string of the molecule is CN(CCNC[C@H](O[Si](C)(C)C(C)(C)C)c1ccc(O)c2[nH]c(=O)ccc12)C(=O)CCOCCc1ccc(CCN2CCC3(CC2)CN(C(=O)C(N)=CC=NCC2CC2)CCO3)cc1. The van der Waals surface area contributed by atoms with Gasteiger partial charge in [0.2, 0.25) is 11.5 Å². The van der Waals surface area contributed by atoms with Crippen LogP contribution in [0.3, 0.4) is 0 Å². The topological polar surface area (TPSA) is 175 Å². The summed E-state index contributed by atoms with van der Waals surface area (Å²) >= 11 is 0. The van der Waals surface area contributed by atoms with Gasteiger partial charge in [-0.2, -0.15) is 0 Å². The first kappa shape index (κ1) is 49.1. The molecule has 0 unspecified atom stereocenters. The minimum atomic E-state index is -2.21. The molecule has 15 heteroatoms. The molecule has 3 aliphatic rings. The predicted octanol–water partition coefficient (Wildman–Crippen LogP) is 5.55. The van der Waals surface area contributed by atoms with Gasteiger partial charge in [0.05, 0.1) is 55.7 Å². The lowest BCUT2D eigenvalue weighted by Crippen LogP contribution is -2.58. The number of likely N-dealkylation sites (tertiary alicyclic amines) is 1. The molecule has 1 atom stereocenters. The van der Waals surface area contributed by atoms with E-state index in [0.29, 0.717) is 70.4 Å². The van der Waals surface area contributed by atoms with Gasteiger partial charge in [-0.05, 0) is 97.5 Å². The highest BCUT2D eigenvalue weighted by atomic mass is 28.4. The summed E-state index contributed by atoms with van der Waals surface area (Å²) in [7, 11) is -0.393.